The summed E-state index contributed by atoms with van der Waals surface area (Å²) in [6, 6.07) is 0.379. The van der Waals surface area contributed by atoms with Crippen molar-refractivity contribution in [1.82, 2.24) is 5.32 Å². The first-order chi connectivity index (χ1) is 7.92. The van der Waals surface area contributed by atoms with E-state index >= 15 is 0 Å². The zero-order chi connectivity index (χ0) is 12.9. The number of hydrogen-bond acceptors (Lipinski definition) is 3. The van der Waals surface area contributed by atoms with E-state index in [0.29, 0.717) is 24.9 Å². The molecule has 1 rings (SSSR count). The molecule has 1 aliphatic rings. The van der Waals surface area contributed by atoms with E-state index in [0.717, 1.165) is 12.8 Å². The van der Waals surface area contributed by atoms with Crippen LogP contribution in [-0.2, 0) is 0 Å². The molecule has 1 fully saturated rings. The number of aliphatic hydroxyl groups is 2. The summed E-state index contributed by atoms with van der Waals surface area (Å²) in [6.07, 6.45) is 5.99. The van der Waals surface area contributed by atoms with Gasteiger partial charge in [-0.2, -0.15) is 0 Å². The van der Waals surface area contributed by atoms with E-state index in [2.05, 4.69) is 19.2 Å². The highest BCUT2D eigenvalue weighted by Crippen LogP contribution is 2.35. The Morgan fingerprint density at radius 1 is 1.24 bits per heavy atom. The van der Waals surface area contributed by atoms with Gasteiger partial charge >= 0.3 is 0 Å². The number of aliphatic hydroxyl groups excluding tert-OH is 1. The van der Waals surface area contributed by atoms with Crippen molar-refractivity contribution < 1.29 is 10.2 Å². The summed E-state index contributed by atoms with van der Waals surface area (Å²) in [5.41, 5.74) is -0.710. The molecule has 2 unspecified atom stereocenters. The third-order valence-corrected chi connectivity index (χ3v) is 3.90. The molecular formula is C14H29NO2. The van der Waals surface area contributed by atoms with E-state index in [1.165, 1.54) is 19.3 Å². The lowest BCUT2D eigenvalue weighted by Gasteiger charge is -2.37. The average Bonchev–Trinajstić information content (AvgIpc) is 2.27. The van der Waals surface area contributed by atoms with E-state index in [1.807, 2.05) is 6.92 Å². The van der Waals surface area contributed by atoms with Crippen molar-refractivity contribution in [3.8, 4) is 0 Å². The molecule has 3 N–H and O–H groups in total. The molecular weight excluding hydrogens is 214 g/mol. The molecule has 0 amide bonds. The first-order valence-electron chi connectivity index (χ1n) is 7.05. The van der Waals surface area contributed by atoms with Gasteiger partial charge in [-0.15, -0.1) is 0 Å². The van der Waals surface area contributed by atoms with Crippen molar-refractivity contribution in [3.63, 3.8) is 0 Å². The van der Waals surface area contributed by atoms with Gasteiger partial charge in [-0.25, -0.2) is 0 Å². The van der Waals surface area contributed by atoms with Crippen LogP contribution in [0.5, 0.6) is 0 Å². The standard InChI is InChI=1S/C14H29NO2/c1-11(2)15-10-13(16)9-14(3,17)12-7-5-4-6-8-12/h11-13,15-17H,4-10H2,1-3H3. The normalized spacial score (nSPS) is 23.6. The minimum absolute atomic E-state index is 0.366. The van der Waals surface area contributed by atoms with Gasteiger partial charge in [0.25, 0.3) is 0 Å². The van der Waals surface area contributed by atoms with Crippen molar-refractivity contribution in [2.75, 3.05) is 6.54 Å². The van der Waals surface area contributed by atoms with Crippen molar-refractivity contribution in [2.45, 2.75) is 77.0 Å². The predicted octanol–water partition coefficient (Wildman–Crippen LogP) is 2.07. The number of nitrogens with one attached hydrogen (secondary N) is 1. The Labute approximate surface area is 106 Å². The third-order valence-electron chi connectivity index (χ3n) is 3.90. The molecule has 1 aliphatic carbocycles. The molecule has 0 spiro atoms. The topological polar surface area (TPSA) is 52.5 Å². The highest BCUT2D eigenvalue weighted by Gasteiger charge is 2.34. The van der Waals surface area contributed by atoms with Crippen LogP contribution in [0.1, 0.15) is 59.3 Å². The molecule has 1 saturated carbocycles. The van der Waals surface area contributed by atoms with Crippen molar-refractivity contribution in [3.05, 3.63) is 0 Å². The summed E-state index contributed by atoms with van der Waals surface area (Å²) in [5.74, 6) is 0.366. The van der Waals surface area contributed by atoms with Crippen LogP contribution in [0.4, 0.5) is 0 Å². The van der Waals surface area contributed by atoms with Gasteiger partial charge in [-0.3, -0.25) is 0 Å². The van der Waals surface area contributed by atoms with Crippen molar-refractivity contribution in [2.24, 2.45) is 5.92 Å². The summed E-state index contributed by atoms with van der Waals surface area (Å²) in [7, 11) is 0. The summed E-state index contributed by atoms with van der Waals surface area (Å²) < 4.78 is 0. The number of hydrogen-bond donors (Lipinski definition) is 3. The fourth-order valence-corrected chi connectivity index (χ4v) is 2.81. The summed E-state index contributed by atoms with van der Waals surface area (Å²) in [6.45, 7) is 6.58. The third kappa shape index (κ3) is 5.36. The first-order valence-corrected chi connectivity index (χ1v) is 7.05. The molecule has 0 aromatic heterocycles. The molecule has 3 heteroatoms. The van der Waals surface area contributed by atoms with E-state index in [9.17, 15) is 10.2 Å². The lowest BCUT2D eigenvalue weighted by Crippen LogP contribution is -2.42. The average molecular weight is 243 g/mol. The second-order valence-corrected chi connectivity index (χ2v) is 6.11. The Hall–Kier alpha value is -0.120. The van der Waals surface area contributed by atoms with Gasteiger partial charge in [0.1, 0.15) is 0 Å². The van der Waals surface area contributed by atoms with Crippen LogP contribution in [-0.4, -0.2) is 34.5 Å². The van der Waals surface area contributed by atoms with Crippen molar-refractivity contribution in [1.29, 1.82) is 0 Å². The highest BCUT2D eigenvalue weighted by atomic mass is 16.3. The van der Waals surface area contributed by atoms with E-state index in [4.69, 9.17) is 0 Å². The van der Waals surface area contributed by atoms with Gasteiger partial charge < -0.3 is 15.5 Å². The molecule has 2 atom stereocenters. The summed E-state index contributed by atoms with van der Waals surface area (Å²) >= 11 is 0. The predicted molar refractivity (Wildman–Crippen MR) is 71.0 cm³/mol. The Balaban J connectivity index is 2.35. The molecule has 0 aromatic rings. The van der Waals surface area contributed by atoms with Gasteiger partial charge in [-0.05, 0) is 25.7 Å². The minimum Gasteiger partial charge on any atom is -0.392 e. The molecule has 0 bridgehead atoms. The zero-order valence-corrected chi connectivity index (χ0v) is 11.6. The van der Waals surface area contributed by atoms with Crippen LogP contribution < -0.4 is 5.32 Å². The Bertz CT molecular complexity index is 210. The fourth-order valence-electron chi connectivity index (χ4n) is 2.81. The van der Waals surface area contributed by atoms with E-state index in [1.54, 1.807) is 0 Å². The Morgan fingerprint density at radius 2 is 1.82 bits per heavy atom. The minimum atomic E-state index is -0.710. The van der Waals surface area contributed by atoms with Gasteiger partial charge in [0.05, 0.1) is 11.7 Å². The molecule has 0 saturated heterocycles. The van der Waals surface area contributed by atoms with E-state index < -0.39 is 11.7 Å². The SMILES string of the molecule is CC(C)NCC(O)CC(C)(O)C1CCCCC1. The molecule has 0 aliphatic heterocycles. The van der Waals surface area contributed by atoms with Gasteiger partial charge in [0, 0.05) is 19.0 Å². The quantitative estimate of drug-likeness (QED) is 0.669. The lowest BCUT2D eigenvalue weighted by molar-refractivity contribution is -0.0525. The van der Waals surface area contributed by atoms with Crippen LogP contribution in [0.3, 0.4) is 0 Å². The van der Waals surface area contributed by atoms with Crippen LogP contribution in [0.2, 0.25) is 0 Å². The zero-order valence-electron chi connectivity index (χ0n) is 11.6. The van der Waals surface area contributed by atoms with Crippen LogP contribution in [0.25, 0.3) is 0 Å². The summed E-state index contributed by atoms with van der Waals surface area (Å²) in [4.78, 5) is 0. The largest absolute Gasteiger partial charge is 0.392 e. The maximum atomic E-state index is 10.5. The van der Waals surface area contributed by atoms with Crippen LogP contribution >= 0.6 is 0 Å². The van der Waals surface area contributed by atoms with Crippen LogP contribution in [0.15, 0.2) is 0 Å². The van der Waals surface area contributed by atoms with Crippen LogP contribution in [0, 0.1) is 5.92 Å². The van der Waals surface area contributed by atoms with Gasteiger partial charge in [0.2, 0.25) is 0 Å². The van der Waals surface area contributed by atoms with Gasteiger partial charge in [-0.1, -0.05) is 33.1 Å². The molecule has 0 heterocycles. The maximum absolute atomic E-state index is 10.5. The molecule has 3 nitrogen and oxygen atoms in total. The van der Waals surface area contributed by atoms with E-state index in [-0.39, 0.29) is 0 Å². The smallest absolute Gasteiger partial charge is 0.0692 e. The lowest BCUT2D eigenvalue weighted by atomic mass is 9.75. The molecule has 0 radical (unpaired) electrons. The highest BCUT2D eigenvalue weighted by molar-refractivity contribution is 4.86. The monoisotopic (exact) mass is 243 g/mol. The fraction of sp³-hybridized carbons (Fsp3) is 1.00. The second kappa shape index (κ2) is 6.72. The molecule has 102 valence electrons. The summed E-state index contributed by atoms with van der Waals surface area (Å²) in [5, 5.41) is 23.6. The van der Waals surface area contributed by atoms with Gasteiger partial charge in [0.15, 0.2) is 0 Å². The Morgan fingerprint density at radius 3 is 2.35 bits per heavy atom. The molecule has 17 heavy (non-hydrogen) atoms. The number of rotatable bonds is 6. The second-order valence-electron chi connectivity index (χ2n) is 6.11. The van der Waals surface area contributed by atoms with Crippen molar-refractivity contribution >= 4 is 0 Å². The first kappa shape index (κ1) is 14.9. The maximum Gasteiger partial charge on any atom is 0.0692 e. The Kier molecular flexibility index (Phi) is 5.90. The molecule has 0 aromatic carbocycles.